The average molecular weight is 136 g/mol. The highest BCUT2D eigenvalue weighted by Crippen LogP contribution is 2.09. The Morgan fingerprint density at radius 2 is 2.30 bits per heavy atom. The lowest BCUT2D eigenvalue weighted by molar-refractivity contribution is 0.639. The third-order valence-corrected chi connectivity index (χ3v) is 1.55. The molecule has 0 aromatic carbocycles. The van der Waals surface area contributed by atoms with Gasteiger partial charge in [0.25, 0.3) is 0 Å². The molecule has 0 bridgehead atoms. The van der Waals surface area contributed by atoms with E-state index in [4.69, 9.17) is 0 Å². The van der Waals surface area contributed by atoms with Gasteiger partial charge in [-0.2, -0.15) is 0 Å². The Labute approximate surface area is 64.0 Å². The van der Waals surface area contributed by atoms with Crippen molar-refractivity contribution in [1.29, 1.82) is 0 Å². The molecule has 0 aromatic rings. The van der Waals surface area contributed by atoms with E-state index in [0.717, 1.165) is 6.42 Å². The minimum atomic E-state index is 0.633. The van der Waals surface area contributed by atoms with Crippen molar-refractivity contribution in [2.24, 2.45) is 5.92 Å². The van der Waals surface area contributed by atoms with Gasteiger partial charge in [-0.1, -0.05) is 25.7 Å². The lowest BCUT2D eigenvalue weighted by Gasteiger charge is -2.02. The average Bonchev–Trinajstić information content (AvgIpc) is 1.98. The van der Waals surface area contributed by atoms with Crippen molar-refractivity contribution in [3.05, 3.63) is 30.5 Å². The third-order valence-electron chi connectivity index (χ3n) is 1.55. The molecule has 1 atom stereocenters. The Kier molecular flexibility index (Phi) is 5.91. The van der Waals surface area contributed by atoms with Crippen LogP contribution in [-0.2, 0) is 0 Å². The third kappa shape index (κ3) is 4.17. The van der Waals surface area contributed by atoms with Crippen LogP contribution in [-0.4, -0.2) is 0 Å². The van der Waals surface area contributed by atoms with E-state index >= 15 is 0 Å². The van der Waals surface area contributed by atoms with E-state index < -0.39 is 0 Å². The van der Waals surface area contributed by atoms with Crippen LogP contribution in [0.25, 0.3) is 0 Å². The van der Waals surface area contributed by atoms with Crippen LogP contribution in [0.5, 0.6) is 0 Å². The maximum atomic E-state index is 3.55. The van der Waals surface area contributed by atoms with Gasteiger partial charge in [0.2, 0.25) is 0 Å². The molecule has 0 aromatic heterocycles. The molecule has 0 aliphatic heterocycles. The van der Waals surface area contributed by atoms with Crippen LogP contribution in [0.2, 0.25) is 0 Å². The highest BCUT2D eigenvalue weighted by molar-refractivity contribution is 4.90. The Morgan fingerprint density at radius 3 is 2.70 bits per heavy atom. The summed E-state index contributed by atoms with van der Waals surface area (Å²) < 4.78 is 0. The molecular weight excluding hydrogens is 120 g/mol. The fourth-order valence-electron chi connectivity index (χ4n) is 0.830. The molecule has 0 rings (SSSR count). The van der Waals surface area contributed by atoms with Gasteiger partial charge in [0.15, 0.2) is 0 Å². The molecule has 56 valence electrons. The van der Waals surface area contributed by atoms with Gasteiger partial charge >= 0.3 is 0 Å². The minimum Gasteiger partial charge on any atom is -0.133 e. The summed E-state index contributed by atoms with van der Waals surface area (Å²) in [6.07, 6.45) is 8.60. The van der Waals surface area contributed by atoms with Crippen LogP contribution >= 0.6 is 0 Å². The Bertz CT molecular complexity index is 136. The number of rotatable bonds is 4. The second kappa shape index (κ2) is 6.38. The lowest BCUT2D eigenvalue weighted by atomic mass is 10.0. The van der Waals surface area contributed by atoms with Crippen molar-refractivity contribution < 1.29 is 0 Å². The van der Waals surface area contributed by atoms with E-state index in [1.54, 1.807) is 0 Å². The Balaban J connectivity index is 3.70. The SMILES string of the molecule is C=C=CC(CC)CC=CC. The van der Waals surface area contributed by atoms with Crippen molar-refractivity contribution in [2.45, 2.75) is 26.7 Å². The lowest BCUT2D eigenvalue weighted by Crippen LogP contribution is -1.89. The normalized spacial score (nSPS) is 13.0. The van der Waals surface area contributed by atoms with E-state index in [0.29, 0.717) is 5.92 Å². The predicted molar refractivity (Wildman–Crippen MR) is 46.9 cm³/mol. The molecule has 0 nitrogen and oxygen atoms in total. The van der Waals surface area contributed by atoms with Crippen LogP contribution in [0.3, 0.4) is 0 Å². The van der Waals surface area contributed by atoms with Crippen molar-refractivity contribution in [1.82, 2.24) is 0 Å². The Morgan fingerprint density at radius 1 is 1.60 bits per heavy atom. The first-order chi connectivity index (χ1) is 4.85. The second-order valence-corrected chi connectivity index (χ2v) is 2.34. The first-order valence-corrected chi connectivity index (χ1v) is 3.82. The van der Waals surface area contributed by atoms with Crippen molar-refractivity contribution in [3.63, 3.8) is 0 Å². The summed E-state index contributed by atoms with van der Waals surface area (Å²) in [6.45, 7) is 7.78. The molecular formula is C10H16. The molecule has 0 aliphatic carbocycles. The highest BCUT2D eigenvalue weighted by Gasteiger charge is 1.95. The summed E-state index contributed by atoms with van der Waals surface area (Å²) in [6, 6.07) is 0. The van der Waals surface area contributed by atoms with Crippen LogP contribution in [0.4, 0.5) is 0 Å². The van der Waals surface area contributed by atoms with Crippen molar-refractivity contribution in [3.8, 4) is 0 Å². The number of allylic oxidation sites excluding steroid dienone is 3. The van der Waals surface area contributed by atoms with Crippen LogP contribution in [0, 0.1) is 5.92 Å². The summed E-state index contributed by atoms with van der Waals surface area (Å²) >= 11 is 0. The molecule has 0 heteroatoms. The molecule has 0 spiro atoms. The predicted octanol–water partition coefficient (Wildman–Crippen LogP) is 3.32. The molecule has 0 radical (unpaired) electrons. The zero-order valence-corrected chi connectivity index (χ0v) is 6.93. The van der Waals surface area contributed by atoms with Crippen molar-refractivity contribution in [2.75, 3.05) is 0 Å². The van der Waals surface area contributed by atoms with Gasteiger partial charge in [0, 0.05) is 0 Å². The number of hydrogen-bond acceptors (Lipinski definition) is 0. The fraction of sp³-hybridized carbons (Fsp3) is 0.500. The van der Waals surface area contributed by atoms with E-state index in [2.05, 4.69) is 31.4 Å². The summed E-state index contributed by atoms with van der Waals surface area (Å²) in [5.41, 5.74) is 2.82. The molecule has 0 saturated carbocycles. The molecule has 0 N–H and O–H groups in total. The van der Waals surface area contributed by atoms with Crippen molar-refractivity contribution >= 4 is 0 Å². The maximum Gasteiger partial charge on any atom is -0.0126 e. The smallest absolute Gasteiger partial charge is 0.0126 e. The van der Waals surface area contributed by atoms with Crippen LogP contribution < -0.4 is 0 Å². The quantitative estimate of drug-likeness (QED) is 0.411. The number of hydrogen-bond donors (Lipinski definition) is 0. The fourth-order valence-corrected chi connectivity index (χ4v) is 0.830. The van der Waals surface area contributed by atoms with Gasteiger partial charge in [0.1, 0.15) is 0 Å². The zero-order chi connectivity index (χ0) is 7.82. The molecule has 0 aliphatic rings. The summed E-state index contributed by atoms with van der Waals surface area (Å²) in [5, 5.41) is 0. The van der Waals surface area contributed by atoms with E-state index in [-0.39, 0.29) is 0 Å². The highest BCUT2D eigenvalue weighted by atomic mass is 14.0. The van der Waals surface area contributed by atoms with Gasteiger partial charge in [-0.3, -0.25) is 0 Å². The molecule has 0 heterocycles. The first-order valence-electron chi connectivity index (χ1n) is 3.82. The van der Waals surface area contributed by atoms with Gasteiger partial charge in [-0.05, 0) is 31.8 Å². The van der Waals surface area contributed by atoms with Gasteiger partial charge in [-0.15, -0.1) is 5.73 Å². The molecule has 1 unspecified atom stereocenters. The summed E-state index contributed by atoms with van der Waals surface area (Å²) in [5.74, 6) is 0.633. The Hall–Kier alpha value is -0.740. The van der Waals surface area contributed by atoms with Gasteiger partial charge in [-0.25, -0.2) is 0 Å². The minimum absolute atomic E-state index is 0.633. The first kappa shape index (κ1) is 9.26. The summed E-state index contributed by atoms with van der Waals surface area (Å²) in [7, 11) is 0. The zero-order valence-electron chi connectivity index (χ0n) is 6.93. The summed E-state index contributed by atoms with van der Waals surface area (Å²) in [4.78, 5) is 0. The monoisotopic (exact) mass is 136 g/mol. The molecule has 0 saturated heterocycles. The van der Waals surface area contributed by atoms with E-state index in [1.807, 2.05) is 13.0 Å². The van der Waals surface area contributed by atoms with E-state index in [9.17, 15) is 0 Å². The topological polar surface area (TPSA) is 0 Å². The van der Waals surface area contributed by atoms with Gasteiger partial charge in [0.05, 0.1) is 0 Å². The molecule has 0 amide bonds. The van der Waals surface area contributed by atoms with Crippen LogP contribution in [0.15, 0.2) is 30.5 Å². The molecule has 10 heavy (non-hydrogen) atoms. The second-order valence-electron chi connectivity index (χ2n) is 2.34. The molecule has 0 fully saturated rings. The van der Waals surface area contributed by atoms with Crippen LogP contribution in [0.1, 0.15) is 26.7 Å². The van der Waals surface area contributed by atoms with E-state index in [1.165, 1.54) is 6.42 Å². The maximum absolute atomic E-state index is 3.55. The standard InChI is InChI=1S/C10H16/c1-4-7-9-10(6-3)8-5-2/h4,7-8,10H,2,6,9H2,1,3H3. The largest absolute Gasteiger partial charge is 0.133 e. The van der Waals surface area contributed by atoms with Gasteiger partial charge < -0.3 is 0 Å².